The zero-order valence-electron chi connectivity index (χ0n) is 14.2. The minimum atomic E-state index is -0.954. The average Bonchev–Trinajstić information content (AvgIpc) is 2.62. The maximum Gasteiger partial charge on any atom is 0.311 e. The highest BCUT2D eigenvalue weighted by atomic mass is 35.5. The van der Waals surface area contributed by atoms with Crippen molar-refractivity contribution in [2.45, 2.75) is 26.7 Å². The number of amides is 1. The molecule has 134 valence electrons. The first-order valence-corrected chi connectivity index (χ1v) is 8.47. The van der Waals surface area contributed by atoms with E-state index < -0.39 is 11.4 Å². The van der Waals surface area contributed by atoms with Crippen LogP contribution in [0.4, 0.5) is 0 Å². The van der Waals surface area contributed by atoms with Crippen LogP contribution >= 0.6 is 11.6 Å². The van der Waals surface area contributed by atoms with Crippen LogP contribution < -0.4 is 10.1 Å². The van der Waals surface area contributed by atoms with Gasteiger partial charge in [0, 0.05) is 18.1 Å². The zero-order valence-corrected chi connectivity index (χ0v) is 15.0. The predicted octanol–water partition coefficient (Wildman–Crippen LogP) is 3.27. The van der Waals surface area contributed by atoms with Gasteiger partial charge in [0.05, 0.1) is 10.4 Å². The SMILES string of the molecule is CCC(CC)(CNC(=O)COc1ccc(Cl)c2cccnc12)C(=O)O. The van der Waals surface area contributed by atoms with Crippen LogP contribution in [0.15, 0.2) is 30.5 Å². The molecule has 0 aliphatic rings. The number of hydrogen-bond acceptors (Lipinski definition) is 4. The van der Waals surface area contributed by atoms with Crippen molar-refractivity contribution in [2.75, 3.05) is 13.2 Å². The van der Waals surface area contributed by atoms with E-state index in [4.69, 9.17) is 16.3 Å². The molecular formula is C18H21ClN2O4. The van der Waals surface area contributed by atoms with E-state index in [1.54, 1.807) is 38.2 Å². The van der Waals surface area contributed by atoms with Crippen LogP contribution in [0, 0.1) is 5.41 Å². The first-order valence-electron chi connectivity index (χ1n) is 8.09. The van der Waals surface area contributed by atoms with Crippen molar-refractivity contribution in [2.24, 2.45) is 5.41 Å². The summed E-state index contributed by atoms with van der Waals surface area (Å²) in [7, 11) is 0. The van der Waals surface area contributed by atoms with Crippen molar-refractivity contribution < 1.29 is 19.4 Å². The lowest BCUT2D eigenvalue weighted by Crippen LogP contribution is -2.43. The third kappa shape index (κ3) is 4.20. The van der Waals surface area contributed by atoms with Gasteiger partial charge >= 0.3 is 5.97 Å². The first kappa shape index (κ1) is 19.0. The van der Waals surface area contributed by atoms with Gasteiger partial charge in [-0.05, 0) is 37.1 Å². The summed E-state index contributed by atoms with van der Waals surface area (Å²) in [6.07, 6.45) is 2.49. The maximum absolute atomic E-state index is 12.0. The molecule has 7 heteroatoms. The molecule has 2 rings (SSSR count). The van der Waals surface area contributed by atoms with Gasteiger partial charge < -0.3 is 15.2 Å². The Balaban J connectivity index is 2.01. The van der Waals surface area contributed by atoms with E-state index in [0.29, 0.717) is 29.1 Å². The van der Waals surface area contributed by atoms with Crippen molar-refractivity contribution in [3.05, 3.63) is 35.5 Å². The summed E-state index contributed by atoms with van der Waals surface area (Å²) < 4.78 is 5.55. The summed E-state index contributed by atoms with van der Waals surface area (Å²) in [6.45, 7) is 3.44. The van der Waals surface area contributed by atoms with Gasteiger partial charge in [-0.2, -0.15) is 0 Å². The number of fused-ring (bicyclic) bond motifs is 1. The first-order chi connectivity index (χ1) is 11.9. The fraction of sp³-hybridized carbons (Fsp3) is 0.389. The number of hydrogen-bond donors (Lipinski definition) is 2. The molecule has 2 N–H and O–H groups in total. The van der Waals surface area contributed by atoms with Crippen molar-refractivity contribution in [1.29, 1.82) is 0 Å². The van der Waals surface area contributed by atoms with E-state index in [9.17, 15) is 14.7 Å². The quantitative estimate of drug-likeness (QED) is 0.750. The number of aromatic nitrogens is 1. The Morgan fingerprint density at radius 3 is 2.64 bits per heavy atom. The van der Waals surface area contributed by atoms with E-state index in [2.05, 4.69) is 10.3 Å². The van der Waals surface area contributed by atoms with Gasteiger partial charge in [0.25, 0.3) is 5.91 Å². The third-order valence-electron chi connectivity index (χ3n) is 4.47. The van der Waals surface area contributed by atoms with Crippen LogP contribution in [-0.4, -0.2) is 35.1 Å². The lowest BCUT2D eigenvalue weighted by molar-refractivity contribution is -0.149. The molecule has 0 aliphatic carbocycles. The second kappa shape index (κ2) is 8.16. The number of rotatable bonds is 8. The Morgan fingerprint density at radius 1 is 1.28 bits per heavy atom. The smallest absolute Gasteiger partial charge is 0.311 e. The Labute approximate surface area is 151 Å². The summed E-state index contributed by atoms with van der Waals surface area (Å²) in [4.78, 5) is 27.7. The molecule has 25 heavy (non-hydrogen) atoms. The number of nitrogens with zero attached hydrogens (tertiary/aromatic N) is 1. The number of halogens is 1. The molecule has 0 saturated carbocycles. The lowest BCUT2D eigenvalue weighted by Gasteiger charge is -2.26. The van der Waals surface area contributed by atoms with Gasteiger partial charge in [-0.3, -0.25) is 14.6 Å². The number of carbonyl (C=O) groups excluding carboxylic acids is 1. The Kier molecular flexibility index (Phi) is 6.20. The van der Waals surface area contributed by atoms with Gasteiger partial charge in [0.2, 0.25) is 0 Å². The Morgan fingerprint density at radius 2 is 2.00 bits per heavy atom. The van der Waals surface area contributed by atoms with Crippen molar-refractivity contribution in [1.82, 2.24) is 10.3 Å². The van der Waals surface area contributed by atoms with Gasteiger partial charge in [0.15, 0.2) is 6.61 Å². The molecule has 0 spiro atoms. The number of carbonyl (C=O) groups is 2. The van der Waals surface area contributed by atoms with Crippen LogP contribution in [0.2, 0.25) is 5.02 Å². The van der Waals surface area contributed by atoms with E-state index in [1.807, 2.05) is 6.07 Å². The number of carboxylic acid groups (broad SMARTS) is 1. The van der Waals surface area contributed by atoms with E-state index in [1.165, 1.54) is 0 Å². The second-order valence-corrected chi connectivity index (χ2v) is 6.21. The van der Waals surface area contributed by atoms with Gasteiger partial charge in [-0.1, -0.05) is 25.4 Å². The van der Waals surface area contributed by atoms with Crippen molar-refractivity contribution >= 4 is 34.4 Å². The highest BCUT2D eigenvalue weighted by Crippen LogP contribution is 2.29. The van der Waals surface area contributed by atoms with E-state index >= 15 is 0 Å². The van der Waals surface area contributed by atoms with Crippen LogP contribution in [0.25, 0.3) is 10.9 Å². The van der Waals surface area contributed by atoms with E-state index in [-0.39, 0.29) is 19.1 Å². The van der Waals surface area contributed by atoms with Gasteiger partial charge in [-0.25, -0.2) is 0 Å². The lowest BCUT2D eigenvalue weighted by atomic mass is 9.82. The highest BCUT2D eigenvalue weighted by Gasteiger charge is 2.35. The van der Waals surface area contributed by atoms with Crippen molar-refractivity contribution in [3.63, 3.8) is 0 Å². The molecule has 0 aliphatic heterocycles. The summed E-state index contributed by atoms with van der Waals surface area (Å²) in [5.74, 6) is -0.844. The molecule has 0 unspecified atom stereocenters. The van der Waals surface area contributed by atoms with Gasteiger partial charge in [-0.15, -0.1) is 0 Å². The largest absolute Gasteiger partial charge is 0.481 e. The molecule has 0 bridgehead atoms. The normalized spacial score (nSPS) is 11.3. The number of pyridine rings is 1. The molecule has 0 saturated heterocycles. The fourth-order valence-corrected chi connectivity index (χ4v) is 2.78. The fourth-order valence-electron chi connectivity index (χ4n) is 2.57. The summed E-state index contributed by atoms with van der Waals surface area (Å²) in [5.41, 5.74) is -0.380. The van der Waals surface area contributed by atoms with E-state index in [0.717, 1.165) is 5.39 Å². The molecule has 0 atom stereocenters. The van der Waals surface area contributed by atoms with Crippen LogP contribution in [0.1, 0.15) is 26.7 Å². The number of ether oxygens (including phenoxy) is 1. The molecule has 2 aromatic rings. The summed E-state index contributed by atoms with van der Waals surface area (Å²) in [6, 6.07) is 6.93. The minimum Gasteiger partial charge on any atom is -0.481 e. The van der Waals surface area contributed by atoms with Crippen molar-refractivity contribution in [3.8, 4) is 5.75 Å². The molecule has 1 amide bonds. The zero-order chi connectivity index (χ0) is 18.4. The Hall–Kier alpha value is -2.34. The number of carboxylic acids is 1. The molecule has 1 heterocycles. The maximum atomic E-state index is 12.0. The van der Waals surface area contributed by atoms with Crippen LogP contribution in [0.3, 0.4) is 0 Å². The number of aliphatic carboxylic acids is 1. The minimum absolute atomic E-state index is 0.0666. The van der Waals surface area contributed by atoms with Crippen LogP contribution in [-0.2, 0) is 9.59 Å². The predicted molar refractivity (Wildman–Crippen MR) is 95.9 cm³/mol. The molecular weight excluding hydrogens is 344 g/mol. The Bertz CT molecular complexity index is 775. The highest BCUT2D eigenvalue weighted by molar-refractivity contribution is 6.35. The van der Waals surface area contributed by atoms with Gasteiger partial charge in [0.1, 0.15) is 11.3 Å². The third-order valence-corrected chi connectivity index (χ3v) is 4.80. The number of nitrogens with one attached hydrogen (secondary N) is 1. The number of benzene rings is 1. The molecule has 0 fully saturated rings. The van der Waals surface area contributed by atoms with Crippen LogP contribution in [0.5, 0.6) is 5.75 Å². The molecule has 1 aromatic heterocycles. The summed E-state index contributed by atoms with van der Waals surface area (Å²) in [5, 5.41) is 13.3. The molecule has 1 aromatic carbocycles. The molecule has 6 nitrogen and oxygen atoms in total. The monoisotopic (exact) mass is 364 g/mol. The molecule has 0 radical (unpaired) electrons. The summed E-state index contributed by atoms with van der Waals surface area (Å²) >= 11 is 6.12. The second-order valence-electron chi connectivity index (χ2n) is 5.80. The average molecular weight is 365 g/mol. The topological polar surface area (TPSA) is 88.5 Å². The standard InChI is InChI=1S/C18H21ClN2O4/c1-3-18(4-2,17(23)24)11-21-15(22)10-25-14-8-7-13(19)12-6-5-9-20-16(12)14/h5-9H,3-4,10-11H2,1-2H3,(H,21,22)(H,23,24).